The highest BCUT2D eigenvalue weighted by molar-refractivity contribution is 7.84. The average molecular weight is 575 g/mol. The molecule has 16 heteroatoms. The molecule has 38 heavy (non-hydrogen) atoms. The summed E-state index contributed by atoms with van der Waals surface area (Å²) in [6, 6.07) is 5.33. The maximum Gasteiger partial charge on any atom is 0.573 e. The third-order valence-corrected chi connectivity index (χ3v) is 6.52. The largest absolute Gasteiger partial charge is 0.573 e. The summed E-state index contributed by atoms with van der Waals surface area (Å²) in [5, 5.41) is 12.1. The molecule has 3 N–H and O–H groups in total. The van der Waals surface area contributed by atoms with Gasteiger partial charge in [-0.2, -0.15) is 13.5 Å². The van der Waals surface area contributed by atoms with Crippen LogP contribution in [0.4, 0.5) is 19.0 Å². The van der Waals surface area contributed by atoms with Crippen LogP contribution >= 0.6 is 11.6 Å². The number of carbonyl (C=O) groups is 1. The highest BCUT2D eigenvalue weighted by Gasteiger charge is 2.32. The first-order valence-electron chi connectivity index (χ1n) is 11.2. The van der Waals surface area contributed by atoms with Crippen molar-refractivity contribution < 1.29 is 35.3 Å². The van der Waals surface area contributed by atoms with Crippen LogP contribution in [0.3, 0.4) is 0 Å². The summed E-state index contributed by atoms with van der Waals surface area (Å²) in [6.07, 6.45) is 1.25. The Kier molecular flexibility index (Phi) is 8.20. The van der Waals surface area contributed by atoms with E-state index in [-0.39, 0.29) is 41.4 Å². The van der Waals surface area contributed by atoms with Crippen LogP contribution in [-0.2, 0) is 21.0 Å². The lowest BCUT2D eigenvalue weighted by Crippen LogP contribution is -2.22. The number of aromatic nitrogens is 4. The number of nitrogens with two attached hydrogens (primary N) is 1. The average Bonchev–Trinajstić information content (AvgIpc) is 3.48. The van der Waals surface area contributed by atoms with Gasteiger partial charge in [0.2, 0.25) is 5.78 Å². The molecule has 0 saturated heterocycles. The van der Waals surface area contributed by atoms with Gasteiger partial charge in [0.25, 0.3) is 0 Å². The van der Waals surface area contributed by atoms with Crippen LogP contribution < -0.4 is 15.2 Å². The van der Waals surface area contributed by atoms with Gasteiger partial charge in [-0.25, -0.2) is 15.1 Å². The molecule has 1 aromatic carbocycles. The van der Waals surface area contributed by atoms with E-state index in [2.05, 4.69) is 29.3 Å². The van der Waals surface area contributed by atoms with Crippen molar-refractivity contribution in [3.8, 4) is 5.75 Å². The van der Waals surface area contributed by atoms with Crippen molar-refractivity contribution in [2.75, 3.05) is 11.9 Å². The Balaban J connectivity index is 1.43. The number of anilines is 1. The van der Waals surface area contributed by atoms with E-state index in [0.717, 1.165) is 6.07 Å². The molecule has 0 radical (unpaired) electrons. The van der Waals surface area contributed by atoms with Gasteiger partial charge in [-0.1, -0.05) is 17.7 Å². The molecule has 4 rings (SSSR count). The van der Waals surface area contributed by atoms with Crippen molar-refractivity contribution in [1.82, 2.24) is 19.7 Å². The summed E-state index contributed by atoms with van der Waals surface area (Å²) in [5.41, 5.74) is 0.673. The van der Waals surface area contributed by atoms with Crippen LogP contribution in [0.1, 0.15) is 40.9 Å². The summed E-state index contributed by atoms with van der Waals surface area (Å²) < 4.78 is 69.9. The molecule has 0 aliphatic heterocycles. The highest BCUT2D eigenvalue weighted by atomic mass is 35.5. The minimum Gasteiger partial charge on any atom is -0.404 e. The number of hydrogen-bond donors (Lipinski definition) is 2. The Hall–Kier alpha value is -3.27. The fourth-order valence-electron chi connectivity index (χ4n) is 4.10. The standard InChI is InChI=1S/C22H22ClF3N6O5S/c23-17-4-2-13(8-19(17)37-22(24,25)26)10-32-6-5-18(31-32)20(33)16-9-28-12-29-21(16)30-15-3-1-14(7-15)11-36-38(27,34)35/h2,4-6,8-9,12,14-15H,1,3,7,10-11H2,(H2,27,34,35)(H,28,29,30). The molecular weight excluding hydrogens is 553 g/mol. The number of carbonyl (C=O) groups excluding carboxylic acids is 1. The maximum atomic E-state index is 13.2. The molecule has 11 nitrogen and oxygen atoms in total. The Labute approximate surface area is 220 Å². The molecule has 2 aromatic heterocycles. The van der Waals surface area contributed by atoms with Crippen molar-refractivity contribution >= 4 is 33.5 Å². The van der Waals surface area contributed by atoms with E-state index in [0.29, 0.717) is 30.6 Å². The lowest BCUT2D eigenvalue weighted by atomic mass is 10.1. The van der Waals surface area contributed by atoms with Gasteiger partial charge >= 0.3 is 16.7 Å². The van der Waals surface area contributed by atoms with E-state index in [1.165, 1.54) is 41.6 Å². The number of nitrogens with one attached hydrogen (secondary N) is 1. The predicted octanol–water partition coefficient (Wildman–Crippen LogP) is 3.31. The molecule has 0 amide bonds. The number of rotatable bonds is 10. The molecule has 0 spiro atoms. The van der Waals surface area contributed by atoms with Crippen molar-refractivity contribution in [1.29, 1.82) is 0 Å². The Morgan fingerprint density at radius 1 is 1.26 bits per heavy atom. The third kappa shape index (κ3) is 7.63. The molecule has 1 saturated carbocycles. The van der Waals surface area contributed by atoms with Gasteiger partial charge in [0, 0.05) is 18.4 Å². The van der Waals surface area contributed by atoms with Gasteiger partial charge in [-0.3, -0.25) is 13.7 Å². The first kappa shape index (κ1) is 27.8. The fraction of sp³-hybridized carbons (Fsp3) is 0.364. The number of hydrogen-bond acceptors (Lipinski definition) is 9. The van der Waals surface area contributed by atoms with E-state index in [1.54, 1.807) is 0 Å². The summed E-state index contributed by atoms with van der Waals surface area (Å²) in [5.74, 6) is -0.736. The summed E-state index contributed by atoms with van der Waals surface area (Å²) in [7, 11) is -4.02. The number of alkyl halides is 3. The monoisotopic (exact) mass is 574 g/mol. The maximum absolute atomic E-state index is 13.2. The van der Waals surface area contributed by atoms with Crippen molar-refractivity contribution in [3.05, 3.63) is 64.8 Å². The lowest BCUT2D eigenvalue weighted by molar-refractivity contribution is -0.274. The zero-order valence-corrected chi connectivity index (χ0v) is 21.1. The van der Waals surface area contributed by atoms with Crippen LogP contribution in [0.5, 0.6) is 5.75 Å². The number of ketones is 1. The predicted molar refractivity (Wildman–Crippen MR) is 129 cm³/mol. The van der Waals surface area contributed by atoms with Gasteiger partial charge in [-0.15, -0.1) is 13.2 Å². The molecular formula is C22H22ClF3N6O5S. The van der Waals surface area contributed by atoms with E-state index < -0.39 is 28.2 Å². The summed E-state index contributed by atoms with van der Waals surface area (Å²) in [4.78, 5) is 21.3. The number of halogens is 4. The molecule has 204 valence electrons. The minimum absolute atomic E-state index is 0.0263. The normalized spacial score (nSPS) is 17.9. The van der Waals surface area contributed by atoms with E-state index in [1.807, 2.05) is 0 Å². The van der Waals surface area contributed by atoms with Crippen LogP contribution in [0, 0.1) is 5.92 Å². The number of nitrogens with zero attached hydrogens (tertiary/aromatic N) is 4. The second kappa shape index (κ2) is 11.2. The molecule has 2 heterocycles. The van der Waals surface area contributed by atoms with Crippen LogP contribution in [0.2, 0.25) is 5.02 Å². The van der Waals surface area contributed by atoms with E-state index >= 15 is 0 Å². The fourth-order valence-corrected chi connectivity index (χ4v) is 4.64. The zero-order valence-electron chi connectivity index (χ0n) is 19.6. The molecule has 1 aliphatic rings. The first-order chi connectivity index (χ1) is 17.9. The summed E-state index contributed by atoms with van der Waals surface area (Å²) in [6.45, 7) is 0.0283. The van der Waals surface area contributed by atoms with Crippen molar-refractivity contribution in [2.24, 2.45) is 11.1 Å². The quantitative estimate of drug-likeness (QED) is 0.347. The van der Waals surface area contributed by atoms with Crippen molar-refractivity contribution in [3.63, 3.8) is 0 Å². The topological polar surface area (TPSA) is 151 Å². The molecule has 1 aliphatic carbocycles. The second-order valence-electron chi connectivity index (χ2n) is 8.62. The minimum atomic E-state index is -4.89. The van der Waals surface area contributed by atoms with Crippen LogP contribution in [0.15, 0.2) is 43.0 Å². The van der Waals surface area contributed by atoms with Gasteiger partial charge in [0.15, 0.2) is 0 Å². The Morgan fingerprint density at radius 2 is 2.05 bits per heavy atom. The van der Waals surface area contributed by atoms with Crippen LogP contribution in [-0.4, -0.2) is 53.0 Å². The molecule has 2 atom stereocenters. The molecule has 3 aromatic rings. The van der Waals surface area contributed by atoms with E-state index in [9.17, 15) is 26.4 Å². The molecule has 0 bridgehead atoms. The second-order valence-corrected chi connectivity index (χ2v) is 10.3. The zero-order chi connectivity index (χ0) is 27.5. The summed E-state index contributed by atoms with van der Waals surface area (Å²) >= 11 is 5.79. The SMILES string of the molecule is NS(=O)(=O)OCC1CCC(Nc2ncncc2C(=O)c2ccn(Cc3ccc(Cl)c(OC(F)(F)F)c3)n2)C1. The third-order valence-electron chi connectivity index (χ3n) is 5.75. The lowest BCUT2D eigenvalue weighted by Gasteiger charge is -2.15. The Morgan fingerprint density at radius 3 is 2.79 bits per heavy atom. The molecule has 1 fully saturated rings. The van der Waals surface area contributed by atoms with Gasteiger partial charge < -0.3 is 10.1 Å². The number of benzene rings is 1. The van der Waals surface area contributed by atoms with Crippen molar-refractivity contribution in [2.45, 2.75) is 38.2 Å². The van der Waals surface area contributed by atoms with Crippen LogP contribution in [0.25, 0.3) is 0 Å². The number of ether oxygens (including phenoxy) is 1. The first-order valence-corrected chi connectivity index (χ1v) is 13.1. The smallest absolute Gasteiger partial charge is 0.404 e. The molecule has 2 unspecified atom stereocenters. The Bertz CT molecular complexity index is 1420. The van der Waals surface area contributed by atoms with E-state index in [4.69, 9.17) is 16.7 Å². The van der Waals surface area contributed by atoms with Gasteiger partial charge in [0.05, 0.1) is 23.7 Å². The van der Waals surface area contributed by atoms with Gasteiger partial charge in [0.1, 0.15) is 23.6 Å². The van der Waals surface area contributed by atoms with Gasteiger partial charge in [-0.05, 0) is 48.9 Å². The highest BCUT2D eigenvalue weighted by Crippen LogP contribution is 2.31.